The highest BCUT2D eigenvalue weighted by Gasteiger charge is 2.13. The van der Waals surface area contributed by atoms with Crippen LogP contribution in [0.2, 0.25) is 0 Å². The van der Waals surface area contributed by atoms with Crippen molar-refractivity contribution >= 4 is 0 Å². The van der Waals surface area contributed by atoms with E-state index in [1.807, 2.05) is 6.92 Å². The van der Waals surface area contributed by atoms with Crippen LogP contribution in [-0.4, -0.2) is 22.4 Å². The maximum Gasteiger partial charge on any atom is 0.0651 e. The maximum absolute atomic E-state index is 9.42. The van der Waals surface area contributed by atoms with E-state index in [0.29, 0.717) is 6.42 Å². The van der Waals surface area contributed by atoms with E-state index in [-0.39, 0.29) is 6.61 Å². The van der Waals surface area contributed by atoms with Crippen molar-refractivity contribution in [2.45, 2.75) is 32.3 Å². The average molecular weight is 144 g/mol. The molecular formula is C8H16O2. The molecule has 2 heteroatoms. The van der Waals surface area contributed by atoms with Crippen LogP contribution in [0, 0.1) is 0 Å². The van der Waals surface area contributed by atoms with Gasteiger partial charge in [-0.1, -0.05) is 19.1 Å². The fourth-order valence-corrected chi connectivity index (χ4v) is 0.556. The van der Waals surface area contributed by atoms with Crippen molar-refractivity contribution in [2.24, 2.45) is 0 Å². The first-order valence-corrected chi connectivity index (χ1v) is 3.60. The summed E-state index contributed by atoms with van der Waals surface area (Å²) < 4.78 is 0. The molecule has 2 nitrogen and oxygen atoms in total. The van der Waals surface area contributed by atoms with E-state index in [9.17, 15) is 5.11 Å². The van der Waals surface area contributed by atoms with Crippen LogP contribution in [0.3, 0.4) is 0 Å². The molecule has 0 saturated carbocycles. The van der Waals surface area contributed by atoms with Crippen LogP contribution < -0.4 is 0 Å². The lowest BCUT2D eigenvalue weighted by Gasteiger charge is -2.18. The van der Waals surface area contributed by atoms with E-state index in [4.69, 9.17) is 5.11 Å². The SMILES string of the molecule is CC[C@@](C)(O)C/C=C\CO. The highest BCUT2D eigenvalue weighted by molar-refractivity contribution is 4.88. The molecule has 0 heterocycles. The van der Waals surface area contributed by atoms with Gasteiger partial charge >= 0.3 is 0 Å². The second-order valence-corrected chi connectivity index (χ2v) is 2.71. The molecule has 0 unspecified atom stereocenters. The Morgan fingerprint density at radius 3 is 2.40 bits per heavy atom. The van der Waals surface area contributed by atoms with E-state index < -0.39 is 5.60 Å². The summed E-state index contributed by atoms with van der Waals surface area (Å²) in [5.74, 6) is 0. The molecule has 0 aliphatic heterocycles. The van der Waals surface area contributed by atoms with Gasteiger partial charge in [-0.2, -0.15) is 0 Å². The van der Waals surface area contributed by atoms with Crippen molar-refractivity contribution in [2.75, 3.05) is 6.61 Å². The molecule has 10 heavy (non-hydrogen) atoms. The summed E-state index contributed by atoms with van der Waals surface area (Å²) in [5, 5.41) is 17.8. The predicted octanol–water partition coefficient (Wildman–Crippen LogP) is 1.09. The van der Waals surface area contributed by atoms with Crippen LogP contribution >= 0.6 is 0 Å². The van der Waals surface area contributed by atoms with Gasteiger partial charge in [0.25, 0.3) is 0 Å². The smallest absolute Gasteiger partial charge is 0.0651 e. The lowest BCUT2D eigenvalue weighted by molar-refractivity contribution is 0.0591. The molecule has 0 radical (unpaired) electrons. The van der Waals surface area contributed by atoms with E-state index in [2.05, 4.69) is 0 Å². The summed E-state index contributed by atoms with van der Waals surface area (Å²) in [7, 11) is 0. The number of aliphatic hydroxyl groups is 2. The molecule has 2 N–H and O–H groups in total. The normalized spacial score (nSPS) is 17.6. The van der Waals surface area contributed by atoms with Gasteiger partial charge in [-0.15, -0.1) is 0 Å². The zero-order valence-corrected chi connectivity index (χ0v) is 6.67. The highest BCUT2D eigenvalue weighted by atomic mass is 16.3. The lowest BCUT2D eigenvalue weighted by atomic mass is 9.99. The zero-order valence-electron chi connectivity index (χ0n) is 6.67. The second kappa shape index (κ2) is 4.47. The minimum absolute atomic E-state index is 0.0554. The van der Waals surface area contributed by atoms with Crippen LogP contribution in [-0.2, 0) is 0 Å². The quantitative estimate of drug-likeness (QED) is 0.580. The topological polar surface area (TPSA) is 40.5 Å². The molecule has 0 aromatic carbocycles. The van der Waals surface area contributed by atoms with Gasteiger partial charge in [-0.3, -0.25) is 0 Å². The summed E-state index contributed by atoms with van der Waals surface area (Å²) in [6.45, 7) is 3.78. The van der Waals surface area contributed by atoms with Crippen LogP contribution in [0.1, 0.15) is 26.7 Å². The van der Waals surface area contributed by atoms with Crippen LogP contribution in [0.4, 0.5) is 0 Å². The molecule has 60 valence electrons. The van der Waals surface area contributed by atoms with Gasteiger partial charge in [0.05, 0.1) is 12.2 Å². The van der Waals surface area contributed by atoms with Crippen molar-refractivity contribution in [1.29, 1.82) is 0 Å². The first kappa shape index (κ1) is 9.66. The fraction of sp³-hybridized carbons (Fsp3) is 0.750. The maximum atomic E-state index is 9.42. The summed E-state index contributed by atoms with van der Waals surface area (Å²) in [5.41, 5.74) is -0.605. The van der Waals surface area contributed by atoms with Crippen LogP contribution in [0.5, 0.6) is 0 Å². The number of hydrogen-bond acceptors (Lipinski definition) is 2. The minimum atomic E-state index is -0.605. The summed E-state index contributed by atoms with van der Waals surface area (Å²) in [6, 6.07) is 0. The molecule has 0 amide bonds. The van der Waals surface area contributed by atoms with E-state index in [0.717, 1.165) is 6.42 Å². The zero-order chi connectivity index (χ0) is 8.04. The third-order valence-electron chi connectivity index (χ3n) is 1.59. The molecule has 0 aliphatic carbocycles. The van der Waals surface area contributed by atoms with E-state index in [1.165, 1.54) is 0 Å². The van der Waals surface area contributed by atoms with Gasteiger partial charge in [-0.05, 0) is 19.8 Å². The molecule has 0 spiro atoms. The number of aliphatic hydroxyl groups excluding tert-OH is 1. The molecule has 0 aliphatic rings. The monoisotopic (exact) mass is 144 g/mol. The van der Waals surface area contributed by atoms with Gasteiger partial charge in [0.2, 0.25) is 0 Å². The molecule has 0 fully saturated rings. The second-order valence-electron chi connectivity index (χ2n) is 2.71. The fourth-order valence-electron chi connectivity index (χ4n) is 0.556. The van der Waals surface area contributed by atoms with Crippen molar-refractivity contribution in [1.82, 2.24) is 0 Å². The predicted molar refractivity (Wildman–Crippen MR) is 41.8 cm³/mol. The first-order valence-electron chi connectivity index (χ1n) is 3.60. The minimum Gasteiger partial charge on any atom is -0.392 e. The molecule has 0 aromatic heterocycles. The Morgan fingerprint density at radius 2 is 2.00 bits per heavy atom. The number of hydrogen-bond donors (Lipinski definition) is 2. The van der Waals surface area contributed by atoms with Crippen molar-refractivity contribution < 1.29 is 10.2 Å². The average Bonchev–Trinajstić information content (AvgIpc) is 1.89. The van der Waals surface area contributed by atoms with E-state index in [1.54, 1.807) is 19.1 Å². The summed E-state index contributed by atoms with van der Waals surface area (Å²) in [4.78, 5) is 0. The van der Waals surface area contributed by atoms with Gasteiger partial charge in [0.1, 0.15) is 0 Å². The number of rotatable bonds is 4. The molecule has 0 bridgehead atoms. The molecule has 0 saturated heterocycles. The van der Waals surface area contributed by atoms with Gasteiger partial charge in [0.15, 0.2) is 0 Å². The lowest BCUT2D eigenvalue weighted by Crippen LogP contribution is -2.21. The van der Waals surface area contributed by atoms with E-state index >= 15 is 0 Å². The van der Waals surface area contributed by atoms with Crippen molar-refractivity contribution in [3.05, 3.63) is 12.2 Å². The standard InChI is InChI=1S/C8H16O2/c1-3-8(2,10)6-4-5-7-9/h4-5,9-10H,3,6-7H2,1-2H3/b5-4-/t8-/m1/s1. The van der Waals surface area contributed by atoms with Crippen LogP contribution in [0.25, 0.3) is 0 Å². The summed E-state index contributed by atoms with van der Waals surface area (Å²) in [6.07, 6.45) is 4.79. The largest absolute Gasteiger partial charge is 0.392 e. The van der Waals surface area contributed by atoms with Gasteiger partial charge in [-0.25, -0.2) is 0 Å². The van der Waals surface area contributed by atoms with Gasteiger partial charge < -0.3 is 10.2 Å². The third kappa shape index (κ3) is 4.53. The third-order valence-corrected chi connectivity index (χ3v) is 1.59. The molecular weight excluding hydrogens is 128 g/mol. The van der Waals surface area contributed by atoms with Crippen molar-refractivity contribution in [3.8, 4) is 0 Å². The van der Waals surface area contributed by atoms with Gasteiger partial charge in [0, 0.05) is 0 Å². The van der Waals surface area contributed by atoms with Crippen molar-refractivity contribution in [3.63, 3.8) is 0 Å². The Balaban J connectivity index is 3.56. The Labute approximate surface area is 62.2 Å². The molecule has 0 rings (SSSR count). The Kier molecular flexibility index (Phi) is 4.32. The molecule has 0 aromatic rings. The Bertz CT molecular complexity index is 106. The summed E-state index contributed by atoms with van der Waals surface area (Å²) >= 11 is 0. The molecule has 1 atom stereocenters. The first-order chi connectivity index (χ1) is 4.62. The Morgan fingerprint density at radius 1 is 1.40 bits per heavy atom. The Hall–Kier alpha value is -0.340. The highest BCUT2D eigenvalue weighted by Crippen LogP contribution is 2.13. The van der Waals surface area contributed by atoms with Crippen LogP contribution in [0.15, 0.2) is 12.2 Å².